The molecule has 0 aromatic carbocycles. The number of aromatic nitrogens is 3. The molecule has 1 saturated heterocycles. The molecule has 9 heteroatoms. The van der Waals surface area contributed by atoms with Gasteiger partial charge in [0, 0.05) is 19.1 Å². The Balaban J connectivity index is 1.71. The van der Waals surface area contributed by atoms with E-state index in [-0.39, 0.29) is 23.8 Å². The zero-order chi connectivity index (χ0) is 18.7. The van der Waals surface area contributed by atoms with Crippen LogP contribution in [0.2, 0.25) is 0 Å². The van der Waals surface area contributed by atoms with Crippen LogP contribution in [-0.2, 0) is 16.4 Å². The van der Waals surface area contributed by atoms with Crippen LogP contribution in [0.1, 0.15) is 57.2 Å². The smallest absolute Gasteiger partial charge is 0.192 e. The second-order valence-electron chi connectivity index (χ2n) is 7.49. The van der Waals surface area contributed by atoms with Gasteiger partial charge in [-0.3, -0.25) is 4.99 Å². The molecule has 2 aliphatic heterocycles. The molecule has 3 atom stereocenters. The predicted molar refractivity (Wildman–Crippen MR) is 102 cm³/mol. The minimum absolute atomic E-state index is 0.0765. The van der Waals surface area contributed by atoms with E-state index in [9.17, 15) is 8.42 Å². The molecule has 0 saturated carbocycles. The number of hydrogen-bond donors (Lipinski definition) is 2. The first-order valence-corrected chi connectivity index (χ1v) is 11.4. The van der Waals surface area contributed by atoms with Gasteiger partial charge in [0.25, 0.3) is 0 Å². The summed E-state index contributed by atoms with van der Waals surface area (Å²) in [5, 5.41) is 11.4. The Morgan fingerprint density at radius 1 is 1.42 bits per heavy atom. The zero-order valence-corrected chi connectivity index (χ0v) is 16.7. The number of fused-ring (bicyclic) bond motifs is 1. The van der Waals surface area contributed by atoms with E-state index < -0.39 is 9.84 Å². The third-order valence-electron chi connectivity index (χ3n) is 5.12. The molecular weight excluding hydrogens is 352 g/mol. The van der Waals surface area contributed by atoms with Crippen molar-refractivity contribution in [1.29, 1.82) is 0 Å². The zero-order valence-electron chi connectivity index (χ0n) is 15.9. The fraction of sp³-hybridized carbons (Fsp3) is 0.824. The fourth-order valence-electron chi connectivity index (χ4n) is 3.47. The van der Waals surface area contributed by atoms with Crippen LogP contribution in [0.4, 0.5) is 0 Å². The SMILES string of the molecule is CCC(C)NC(=NCC1CCS(=O)(=O)C1)NC1CCCn2nc(C)nc21. The minimum atomic E-state index is -2.87. The van der Waals surface area contributed by atoms with Crippen molar-refractivity contribution in [1.82, 2.24) is 25.4 Å². The quantitative estimate of drug-likeness (QED) is 0.586. The number of rotatable bonds is 5. The van der Waals surface area contributed by atoms with E-state index in [0.717, 1.165) is 43.4 Å². The van der Waals surface area contributed by atoms with Gasteiger partial charge in [-0.25, -0.2) is 18.1 Å². The van der Waals surface area contributed by atoms with Gasteiger partial charge in [-0.05, 0) is 45.4 Å². The maximum atomic E-state index is 11.7. The van der Waals surface area contributed by atoms with Gasteiger partial charge in [0.2, 0.25) is 0 Å². The van der Waals surface area contributed by atoms with Gasteiger partial charge in [-0.1, -0.05) is 6.92 Å². The topological polar surface area (TPSA) is 101 Å². The van der Waals surface area contributed by atoms with Crippen molar-refractivity contribution < 1.29 is 8.42 Å². The Hall–Kier alpha value is -1.64. The Kier molecular flexibility index (Phi) is 5.84. The summed E-state index contributed by atoms with van der Waals surface area (Å²) in [4.78, 5) is 9.27. The third kappa shape index (κ3) is 4.75. The summed E-state index contributed by atoms with van der Waals surface area (Å²) in [6.07, 6.45) is 3.72. The van der Waals surface area contributed by atoms with Crippen LogP contribution >= 0.6 is 0 Å². The van der Waals surface area contributed by atoms with Crippen molar-refractivity contribution in [2.24, 2.45) is 10.9 Å². The highest BCUT2D eigenvalue weighted by molar-refractivity contribution is 7.91. The Labute approximate surface area is 155 Å². The summed E-state index contributed by atoms with van der Waals surface area (Å²) >= 11 is 0. The summed E-state index contributed by atoms with van der Waals surface area (Å²) in [6.45, 7) is 7.59. The molecule has 0 bridgehead atoms. The maximum absolute atomic E-state index is 11.7. The number of aryl methyl sites for hydroxylation is 2. The number of nitrogens with zero attached hydrogens (tertiary/aromatic N) is 4. The first kappa shape index (κ1) is 19.1. The number of nitrogens with one attached hydrogen (secondary N) is 2. The molecule has 0 radical (unpaired) electrons. The van der Waals surface area contributed by atoms with Crippen molar-refractivity contribution >= 4 is 15.8 Å². The molecule has 26 heavy (non-hydrogen) atoms. The van der Waals surface area contributed by atoms with Crippen LogP contribution in [0.15, 0.2) is 4.99 Å². The number of guanidine groups is 1. The molecule has 3 rings (SSSR count). The van der Waals surface area contributed by atoms with Crippen LogP contribution in [0.3, 0.4) is 0 Å². The summed E-state index contributed by atoms with van der Waals surface area (Å²) < 4.78 is 25.3. The fourth-order valence-corrected chi connectivity index (χ4v) is 5.32. The van der Waals surface area contributed by atoms with E-state index in [1.54, 1.807) is 0 Å². The molecule has 1 aromatic heterocycles. The summed E-state index contributed by atoms with van der Waals surface area (Å²) in [5.41, 5.74) is 0. The van der Waals surface area contributed by atoms with Crippen molar-refractivity contribution in [2.75, 3.05) is 18.1 Å². The van der Waals surface area contributed by atoms with E-state index >= 15 is 0 Å². The van der Waals surface area contributed by atoms with Gasteiger partial charge in [0.1, 0.15) is 11.6 Å². The Bertz CT molecular complexity index is 757. The van der Waals surface area contributed by atoms with E-state index in [1.807, 2.05) is 11.6 Å². The first-order valence-electron chi connectivity index (χ1n) is 9.55. The molecule has 146 valence electrons. The lowest BCUT2D eigenvalue weighted by Crippen LogP contribution is -2.45. The van der Waals surface area contributed by atoms with Crippen molar-refractivity contribution in [3.63, 3.8) is 0 Å². The average Bonchev–Trinajstić information content (AvgIpc) is 3.14. The minimum Gasteiger partial charge on any atom is -0.354 e. The van der Waals surface area contributed by atoms with Gasteiger partial charge >= 0.3 is 0 Å². The number of aliphatic imine (C=N–C) groups is 1. The molecule has 1 fully saturated rings. The van der Waals surface area contributed by atoms with Crippen LogP contribution < -0.4 is 10.6 Å². The molecule has 8 nitrogen and oxygen atoms in total. The van der Waals surface area contributed by atoms with Crippen LogP contribution in [0, 0.1) is 12.8 Å². The average molecular weight is 383 g/mol. The summed E-state index contributed by atoms with van der Waals surface area (Å²) in [5.74, 6) is 3.15. The normalized spacial score (nSPS) is 26.3. The second kappa shape index (κ2) is 7.94. The van der Waals surface area contributed by atoms with E-state index in [2.05, 4.69) is 34.6 Å². The first-order chi connectivity index (χ1) is 12.4. The van der Waals surface area contributed by atoms with E-state index in [4.69, 9.17) is 4.99 Å². The van der Waals surface area contributed by atoms with E-state index in [1.165, 1.54) is 0 Å². The number of hydrogen-bond acceptors (Lipinski definition) is 5. The lowest BCUT2D eigenvalue weighted by atomic mass is 10.1. The number of sulfone groups is 1. The summed E-state index contributed by atoms with van der Waals surface area (Å²) in [7, 11) is -2.87. The Morgan fingerprint density at radius 3 is 2.92 bits per heavy atom. The van der Waals surface area contributed by atoms with Crippen molar-refractivity contribution in [2.45, 2.75) is 65.1 Å². The third-order valence-corrected chi connectivity index (χ3v) is 6.96. The van der Waals surface area contributed by atoms with Crippen LogP contribution in [0.5, 0.6) is 0 Å². The van der Waals surface area contributed by atoms with Gasteiger partial charge in [0.05, 0.1) is 17.5 Å². The molecular formula is C17H30N6O2S. The van der Waals surface area contributed by atoms with Gasteiger partial charge in [-0.2, -0.15) is 5.10 Å². The molecule has 3 unspecified atom stereocenters. The van der Waals surface area contributed by atoms with Crippen molar-refractivity contribution in [3.8, 4) is 0 Å². The molecule has 2 aliphatic rings. The van der Waals surface area contributed by atoms with Crippen molar-refractivity contribution in [3.05, 3.63) is 11.6 Å². The lowest BCUT2D eigenvalue weighted by molar-refractivity contribution is 0.395. The van der Waals surface area contributed by atoms with Gasteiger partial charge in [-0.15, -0.1) is 0 Å². The Morgan fingerprint density at radius 2 is 2.23 bits per heavy atom. The highest BCUT2D eigenvalue weighted by atomic mass is 32.2. The molecule has 0 spiro atoms. The molecule has 0 aliphatic carbocycles. The highest BCUT2D eigenvalue weighted by Gasteiger charge is 2.28. The standard InChI is InChI=1S/C17H30N6O2S/c1-4-12(2)19-17(18-10-14-7-9-26(24,25)11-14)21-15-6-5-8-23-16(15)20-13(3)22-23/h12,14-15H,4-11H2,1-3H3,(H2,18,19,21). The molecule has 0 amide bonds. The molecule has 2 N–H and O–H groups in total. The van der Waals surface area contributed by atoms with Crippen LogP contribution in [0.25, 0.3) is 0 Å². The largest absolute Gasteiger partial charge is 0.354 e. The maximum Gasteiger partial charge on any atom is 0.192 e. The monoisotopic (exact) mass is 382 g/mol. The molecule has 1 aromatic rings. The van der Waals surface area contributed by atoms with Gasteiger partial charge in [0.15, 0.2) is 15.8 Å². The van der Waals surface area contributed by atoms with Crippen LogP contribution in [-0.4, -0.2) is 53.2 Å². The predicted octanol–water partition coefficient (Wildman–Crippen LogP) is 1.19. The lowest BCUT2D eigenvalue weighted by Gasteiger charge is -2.26. The summed E-state index contributed by atoms with van der Waals surface area (Å²) in [6, 6.07) is 0.365. The highest BCUT2D eigenvalue weighted by Crippen LogP contribution is 2.23. The second-order valence-corrected chi connectivity index (χ2v) is 9.72. The van der Waals surface area contributed by atoms with E-state index in [0.29, 0.717) is 18.7 Å². The van der Waals surface area contributed by atoms with Gasteiger partial charge < -0.3 is 10.6 Å². The molecule has 3 heterocycles.